The first-order valence-corrected chi connectivity index (χ1v) is 12.2. The quantitative estimate of drug-likeness (QED) is 0.235. The average molecular weight is 561 g/mol. The molecule has 0 bridgehead atoms. The molecule has 1 unspecified atom stereocenters. The Morgan fingerprint density at radius 2 is 1.84 bits per heavy atom. The van der Waals surface area contributed by atoms with Gasteiger partial charge in [-0.1, -0.05) is 52.3 Å². The van der Waals surface area contributed by atoms with Crippen LogP contribution in [0.1, 0.15) is 39.9 Å². The molecule has 0 saturated heterocycles. The van der Waals surface area contributed by atoms with Crippen LogP contribution in [0.15, 0.2) is 88.0 Å². The minimum Gasteiger partial charge on any atom is -0.489 e. The summed E-state index contributed by atoms with van der Waals surface area (Å²) in [5, 5.41) is 14.4. The van der Waals surface area contributed by atoms with Gasteiger partial charge in [0.15, 0.2) is 5.78 Å². The number of methoxy groups -OCH3 is 1. The Morgan fingerprint density at radius 3 is 2.57 bits per heavy atom. The molecule has 0 amide bonds. The molecule has 186 valence electrons. The molecule has 0 spiro atoms. The maximum atomic E-state index is 13.7. The van der Waals surface area contributed by atoms with Crippen molar-refractivity contribution in [2.45, 2.75) is 19.4 Å². The number of benzene rings is 3. The van der Waals surface area contributed by atoms with E-state index in [1.807, 2.05) is 18.2 Å². The molecule has 0 fully saturated rings. The number of carbonyl (C=O) groups excluding carboxylic acids is 2. The van der Waals surface area contributed by atoms with Gasteiger partial charge >= 0.3 is 5.97 Å². The molecule has 1 heterocycles. The Labute approximate surface area is 220 Å². The van der Waals surface area contributed by atoms with E-state index in [1.165, 1.54) is 19.2 Å². The molecule has 0 radical (unpaired) electrons. The van der Waals surface area contributed by atoms with E-state index in [1.54, 1.807) is 43.3 Å². The topological polar surface area (TPSA) is 108 Å². The number of ether oxygens (including phenoxy) is 2. The van der Waals surface area contributed by atoms with E-state index < -0.39 is 16.8 Å². The molecule has 2 aliphatic rings. The van der Waals surface area contributed by atoms with Crippen molar-refractivity contribution in [1.82, 2.24) is 5.32 Å². The van der Waals surface area contributed by atoms with Crippen LogP contribution in [-0.4, -0.2) is 23.8 Å². The van der Waals surface area contributed by atoms with Gasteiger partial charge in [-0.05, 0) is 30.7 Å². The van der Waals surface area contributed by atoms with Crippen molar-refractivity contribution < 1.29 is 24.0 Å². The van der Waals surface area contributed by atoms with Crippen LogP contribution < -0.4 is 10.1 Å². The number of nitro benzene ring substituents is 1. The van der Waals surface area contributed by atoms with Crippen molar-refractivity contribution in [3.05, 3.63) is 120 Å². The molecule has 1 N–H and O–H groups in total. The molecule has 9 heteroatoms. The van der Waals surface area contributed by atoms with Gasteiger partial charge in [-0.3, -0.25) is 14.9 Å². The van der Waals surface area contributed by atoms with Crippen molar-refractivity contribution in [1.29, 1.82) is 0 Å². The standard InChI is InChI=1S/C28H21BrN2O6/c1-15-23(28(33)36-2)24(25-26(30-15)19-8-3-4-9-20(19)27(25)32)21-13-17(29)10-11-22(21)37-14-16-6-5-7-18(12-16)31(34)35/h3-13,24,30H,14H2,1-2H3. The third-order valence-electron chi connectivity index (χ3n) is 6.45. The normalized spacial score (nSPS) is 16.2. The van der Waals surface area contributed by atoms with E-state index in [9.17, 15) is 19.7 Å². The van der Waals surface area contributed by atoms with Gasteiger partial charge < -0.3 is 14.8 Å². The predicted octanol–water partition coefficient (Wildman–Crippen LogP) is 5.68. The third-order valence-corrected chi connectivity index (χ3v) is 6.95. The number of fused-ring (bicyclic) bond motifs is 2. The van der Waals surface area contributed by atoms with Crippen LogP contribution in [0.5, 0.6) is 5.75 Å². The smallest absolute Gasteiger partial charge is 0.336 e. The van der Waals surface area contributed by atoms with Crippen molar-refractivity contribution in [2.24, 2.45) is 0 Å². The second kappa shape index (κ2) is 9.67. The predicted molar refractivity (Wildman–Crippen MR) is 140 cm³/mol. The monoisotopic (exact) mass is 560 g/mol. The van der Waals surface area contributed by atoms with Crippen LogP contribution in [0.3, 0.4) is 0 Å². The number of hydrogen-bond acceptors (Lipinski definition) is 7. The molecule has 0 aromatic heterocycles. The van der Waals surface area contributed by atoms with Gasteiger partial charge in [-0.2, -0.15) is 0 Å². The fourth-order valence-corrected chi connectivity index (χ4v) is 5.20. The summed E-state index contributed by atoms with van der Waals surface area (Å²) in [5.41, 5.74) is 4.46. The van der Waals surface area contributed by atoms with Crippen molar-refractivity contribution in [2.75, 3.05) is 7.11 Å². The lowest BCUT2D eigenvalue weighted by atomic mass is 9.79. The number of halogens is 1. The number of nitrogens with one attached hydrogen (secondary N) is 1. The molecule has 3 aromatic rings. The second-order valence-corrected chi connectivity index (χ2v) is 9.57. The lowest BCUT2D eigenvalue weighted by Gasteiger charge is -2.30. The molecule has 37 heavy (non-hydrogen) atoms. The zero-order chi connectivity index (χ0) is 26.3. The highest BCUT2D eigenvalue weighted by molar-refractivity contribution is 9.10. The second-order valence-electron chi connectivity index (χ2n) is 8.65. The lowest BCUT2D eigenvalue weighted by Crippen LogP contribution is -2.29. The summed E-state index contributed by atoms with van der Waals surface area (Å²) >= 11 is 3.51. The highest BCUT2D eigenvalue weighted by Gasteiger charge is 2.43. The zero-order valence-electron chi connectivity index (χ0n) is 19.9. The minimum atomic E-state index is -0.763. The number of dihydropyridines is 1. The van der Waals surface area contributed by atoms with Gasteiger partial charge in [0.1, 0.15) is 12.4 Å². The Kier molecular flexibility index (Phi) is 6.39. The first kappa shape index (κ1) is 24.5. The SMILES string of the molecule is COC(=O)C1=C(C)NC2=C(C(=O)c3ccccc32)C1c1cc(Br)ccc1OCc1cccc([N+](=O)[O-])c1. The van der Waals surface area contributed by atoms with E-state index in [0.29, 0.717) is 45.0 Å². The van der Waals surface area contributed by atoms with Gasteiger partial charge in [-0.15, -0.1) is 0 Å². The van der Waals surface area contributed by atoms with Gasteiger partial charge in [0.05, 0.1) is 29.2 Å². The van der Waals surface area contributed by atoms with Gasteiger partial charge in [0.25, 0.3) is 5.69 Å². The van der Waals surface area contributed by atoms with Crippen LogP contribution >= 0.6 is 15.9 Å². The first-order valence-electron chi connectivity index (χ1n) is 11.4. The van der Waals surface area contributed by atoms with Crippen LogP contribution in [0, 0.1) is 10.1 Å². The molecular weight excluding hydrogens is 540 g/mol. The molecular formula is C28H21BrN2O6. The number of Topliss-reactive ketones (excluding diaryl/α,β-unsaturated/α-hetero) is 1. The van der Waals surface area contributed by atoms with Crippen LogP contribution in [-0.2, 0) is 16.1 Å². The Morgan fingerprint density at radius 1 is 1.08 bits per heavy atom. The Hall–Kier alpha value is -4.24. The highest BCUT2D eigenvalue weighted by atomic mass is 79.9. The lowest BCUT2D eigenvalue weighted by molar-refractivity contribution is -0.384. The Balaban J connectivity index is 1.62. The number of allylic oxidation sites excluding steroid dienone is 2. The number of ketones is 1. The maximum absolute atomic E-state index is 13.7. The summed E-state index contributed by atoms with van der Waals surface area (Å²) in [4.78, 5) is 37.4. The Bertz CT molecular complexity index is 1540. The molecule has 1 atom stereocenters. The molecule has 3 aromatic carbocycles. The molecule has 1 aliphatic carbocycles. The number of carbonyl (C=O) groups is 2. The fourth-order valence-electron chi connectivity index (χ4n) is 4.82. The van der Waals surface area contributed by atoms with Crippen LogP contribution in [0.2, 0.25) is 0 Å². The number of esters is 1. The highest BCUT2D eigenvalue weighted by Crippen LogP contribution is 2.49. The van der Waals surface area contributed by atoms with Crippen molar-refractivity contribution in [3.63, 3.8) is 0 Å². The molecule has 8 nitrogen and oxygen atoms in total. The summed E-state index contributed by atoms with van der Waals surface area (Å²) in [6.45, 7) is 1.83. The number of non-ortho nitro benzene ring substituents is 1. The van der Waals surface area contributed by atoms with E-state index in [2.05, 4.69) is 21.2 Å². The zero-order valence-corrected chi connectivity index (χ0v) is 21.5. The van der Waals surface area contributed by atoms with Crippen molar-refractivity contribution >= 4 is 39.1 Å². The summed E-state index contributed by atoms with van der Waals surface area (Å²) < 4.78 is 12.0. The molecule has 1 aliphatic heterocycles. The van der Waals surface area contributed by atoms with E-state index in [4.69, 9.17) is 9.47 Å². The van der Waals surface area contributed by atoms with Crippen molar-refractivity contribution in [3.8, 4) is 5.75 Å². The fraction of sp³-hybridized carbons (Fsp3) is 0.143. The number of nitro groups is 1. The van der Waals surface area contributed by atoms with Crippen LogP contribution in [0.25, 0.3) is 5.70 Å². The van der Waals surface area contributed by atoms with E-state index >= 15 is 0 Å². The number of rotatable bonds is 6. The molecule has 0 saturated carbocycles. The first-order chi connectivity index (χ1) is 17.8. The van der Waals surface area contributed by atoms with E-state index in [-0.39, 0.29) is 18.1 Å². The minimum absolute atomic E-state index is 0.0360. The summed E-state index contributed by atoms with van der Waals surface area (Å²) in [6, 6.07) is 18.9. The third kappa shape index (κ3) is 4.31. The summed E-state index contributed by atoms with van der Waals surface area (Å²) in [7, 11) is 1.30. The van der Waals surface area contributed by atoms with E-state index in [0.717, 1.165) is 10.0 Å². The average Bonchev–Trinajstić information content (AvgIpc) is 3.18. The number of hydrogen-bond donors (Lipinski definition) is 1. The number of nitrogens with zero attached hydrogens (tertiary/aromatic N) is 1. The van der Waals surface area contributed by atoms with Gasteiger partial charge in [0.2, 0.25) is 0 Å². The van der Waals surface area contributed by atoms with Crippen LogP contribution in [0.4, 0.5) is 5.69 Å². The largest absolute Gasteiger partial charge is 0.489 e. The molecule has 5 rings (SSSR count). The van der Waals surface area contributed by atoms with Gasteiger partial charge in [-0.25, -0.2) is 4.79 Å². The summed E-state index contributed by atoms with van der Waals surface area (Å²) in [6.07, 6.45) is 0. The van der Waals surface area contributed by atoms with Gasteiger partial charge in [0, 0.05) is 44.6 Å². The summed E-state index contributed by atoms with van der Waals surface area (Å²) in [5.74, 6) is -1.07. The maximum Gasteiger partial charge on any atom is 0.336 e.